The van der Waals surface area contributed by atoms with Gasteiger partial charge in [-0.1, -0.05) is 38.5 Å². The summed E-state index contributed by atoms with van der Waals surface area (Å²) in [6.07, 6.45) is 2.31. The third kappa shape index (κ3) is 3.93. The molecule has 2 aromatic heterocycles. The highest BCUT2D eigenvalue weighted by Crippen LogP contribution is 2.27. The summed E-state index contributed by atoms with van der Waals surface area (Å²) in [7, 11) is 0. The molecule has 0 aliphatic carbocycles. The summed E-state index contributed by atoms with van der Waals surface area (Å²) >= 11 is 1.15. The molecule has 7 heteroatoms. The summed E-state index contributed by atoms with van der Waals surface area (Å²) in [5.41, 5.74) is 0.671. The van der Waals surface area contributed by atoms with Gasteiger partial charge in [-0.05, 0) is 24.5 Å². The number of aryl methyl sites for hydroxylation is 1. The fourth-order valence-corrected chi connectivity index (χ4v) is 3.71. The molecule has 1 atom stereocenters. The molecule has 3 aromatic rings. The van der Waals surface area contributed by atoms with Crippen molar-refractivity contribution >= 4 is 27.5 Å². The van der Waals surface area contributed by atoms with E-state index in [2.05, 4.69) is 4.98 Å². The van der Waals surface area contributed by atoms with E-state index in [-0.39, 0.29) is 23.8 Å². The fraction of sp³-hybridized carbons (Fsp3) is 0.350. The smallest absolute Gasteiger partial charge is 0.348 e. The minimum Gasteiger partial charge on any atom is -0.461 e. The third-order valence-electron chi connectivity index (χ3n) is 4.60. The van der Waals surface area contributed by atoms with Crippen LogP contribution >= 0.6 is 11.3 Å². The van der Waals surface area contributed by atoms with E-state index >= 15 is 0 Å². The lowest BCUT2D eigenvalue weighted by Gasteiger charge is -2.09. The van der Waals surface area contributed by atoms with Crippen LogP contribution in [0, 0.1) is 18.7 Å². The van der Waals surface area contributed by atoms with Crippen LogP contribution in [0.15, 0.2) is 35.4 Å². The SMILES string of the molecule is CCC(C)COC(=O)c1sc2ncn(Cc3ccccc3F)c(=O)c2c1C. The van der Waals surface area contributed by atoms with Gasteiger partial charge in [-0.25, -0.2) is 14.2 Å². The van der Waals surface area contributed by atoms with E-state index in [9.17, 15) is 14.0 Å². The van der Waals surface area contributed by atoms with E-state index in [1.807, 2.05) is 13.8 Å². The molecule has 142 valence electrons. The Morgan fingerprint density at radius 3 is 2.81 bits per heavy atom. The van der Waals surface area contributed by atoms with E-state index in [0.29, 0.717) is 32.8 Å². The van der Waals surface area contributed by atoms with E-state index in [1.165, 1.54) is 17.0 Å². The van der Waals surface area contributed by atoms with Crippen molar-refractivity contribution < 1.29 is 13.9 Å². The Balaban J connectivity index is 1.94. The van der Waals surface area contributed by atoms with Crippen LogP contribution in [0.25, 0.3) is 10.2 Å². The quantitative estimate of drug-likeness (QED) is 0.595. The summed E-state index contributed by atoms with van der Waals surface area (Å²) in [6.45, 7) is 6.18. The van der Waals surface area contributed by atoms with Gasteiger partial charge in [-0.3, -0.25) is 9.36 Å². The molecule has 27 heavy (non-hydrogen) atoms. The number of hydrogen-bond donors (Lipinski definition) is 0. The van der Waals surface area contributed by atoms with Crippen molar-refractivity contribution in [3.05, 3.63) is 62.8 Å². The van der Waals surface area contributed by atoms with Gasteiger partial charge in [-0.15, -0.1) is 11.3 Å². The molecule has 0 saturated heterocycles. The maximum Gasteiger partial charge on any atom is 0.348 e. The molecule has 1 aromatic carbocycles. The minimum absolute atomic E-state index is 0.0809. The first-order valence-electron chi connectivity index (χ1n) is 8.81. The zero-order chi connectivity index (χ0) is 19.6. The largest absolute Gasteiger partial charge is 0.461 e. The number of hydrogen-bond acceptors (Lipinski definition) is 5. The highest BCUT2D eigenvalue weighted by atomic mass is 32.1. The Morgan fingerprint density at radius 2 is 2.11 bits per heavy atom. The number of rotatable bonds is 6. The lowest BCUT2D eigenvalue weighted by Crippen LogP contribution is -2.21. The number of thiophene rings is 1. The Bertz CT molecular complexity index is 1040. The van der Waals surface area contributed by atoms with Gasteiger partial charge >= 0.3 is 5.97 Å². The Hall–Kier alpha value is -2.54. The molecular formula is C20H21FN2O3S. The van der Waals surface area contributed by atoms with Gasteiger partial charge in [0.15, 0.2) is 0 Å². The van der Waals surface area contributed by atoms with E-state index in [0.717, 1.165) is 17.8 Å². The van der Waals surface area contributed by atoms with Crippen LogP contribution < -0.4 is 5.56 Å². The summed E-state index contributed by atoms with van der Waals surface area (Å²) in [6, 6.07) is 6.30. The number of ether oxygens (including phenoxy) is 1. The highest BCUT2D eigenvalue weighted by molar-refractivity contribution is 7.20. The average Bonchev–Trinajstić information content (AvgIpc) is 3.00. The van der Waals surface area contributed by atoms with Crippen LogP contribution in [0.3, 0.4) is 0 Å². The van der Waals surface area contributed by atoms with Crippen molar-refractivity contribution in [2.45, 2.75) is 33.7 Å². The Kier molecular flexibility index (Phi) is 5.70. The Morgan fingerprint density at radius 1 is 1.37 bits per heavy atom. The first-order valence-corrected chi connectivity index (χ1v) is 9.63. The summed E-state index contributed by atoms with van der Waals surface area (Å²) in [5, 5.41) is 0.384. The van der Waals surface area contributed by atoms with Gasteiger partial charge in [0.2, 0.25) is 0 Å². The van der Waals surface area contributed by atoms with Gasteiger partial charge < -0.3 is 4.74 Å². The Labute approximate surface area is 160 Å². The molecule has 0 aliphatic heterocycles. The number of benzene rings is 1. The van der Waals surface area contributed by atoms with E-state index in [4.69, 9.17) is 4.74 Å². The van der Waals surface area contributed by atoms with Gasteiger partial charge in [0.25, 0.3) is 5.56 Å². The zero-order valence-corrected chi connectivity index (χ0v) is 16.3. The van der Waals surface area contributed by atoms with Crippen LogP contribution in [0.1, 0.15) is 41.1 Å². The number of esters is 1. The summed E-state index contributed by atoms with van der Waals surface area (Å²) in [4.78, 5) is 30.4. The van der Waals surface area contributed by atoms with Crippen LogP contribution in [-0.2, 0) is 11.3 Å². The van der Waals surface area contributed by atoms with Gasteiger partial charge in [0.05, 0.1) is 24.9 Å². The molecule has 0 N–H and O–H groups in total. The lowest BCUT2D eigenvalue weighted by molar-refractivity contribution is 0.0452. The molecule has 5 nitrogen and oxygen atoms in total. The standard InChI is InChI=1S/C20H21FN2O3S/c1-4-12(2)10-26-20(25)17-13(3)16-18(27-17)22-11-23(19(16)24)9-14-7-5-6-8-15(14)21/h5-8,11-12H,4,9-10H2,1-3H3. The first kappa shape index (κ1) is 19.2. The van der Waals surface area contributed by atoms with Crippen molar-refractivity contribution in [2.24, 2.45) is 5.92 Å². The number of aromatic nitrogens is 2. The number of carbonyl (C=O) groups excluding carboxylic acids is 1. The fourth-order valence-electron chi connectivity index (χ4n) is 2.68. The van der Waals surface area contributed by atoms with Crippen LogP contribution in [-0.4, -0.2) is 22.1 Å². The molecule has 0 spiro atoms. The normalized spacial score (nSPS) is 12.3. The van der Waals surface area contributed by atoms with Crippen molar-refractivity contribution in [1.82, 2.24) is 9.55 Å². The number of fused-ring (bicyclic) bond motifs is 1. The molecule has 0 radical (unpaired) electrons. The molecule has 0 aliphatic rings. The zero-order valence-electron chi connectivity index (χ0n) is 15.5. The van der Waals surface area contributed by atoms with Gasteiger partial charge in [0, 0.05) is 5.56 Å². The van der Waals surface area contributed by atoms with Crippen LogP contribution in [0.2, 0.25) is 0 Å². The lowest BCUT2D eigenvalue weighted by atomic mass is 10.1. The molecule has 0 amide bonds. The number of halogens is 1. The predicted molar refractivity (Wildman–Crippen MR) is 104 cm³/mol. The summed E-state index contributed by atoms with van der Waals surface area (Å²) < 4.78 is 20.6. The van der Waals surface area contributed by atoms with Crippen molar-refractivity contribution in [3.8, 4) is 0 Å². The average molecular weight is 388 g/mol. The highest BCUT2D eigenvalue weighted by Gasteiger charge is 2.21. The molecule has 0 bridgehead atoms. The molecular weight excluding hydrogens is 367 g/mol. The second-order valence-electron chi connectivity index (χ2n) is 6.62. The molecule has 0 saturated carbocycles. The maximum absolute atomic E-state index is 13.9. The molecule has 0 fully saturated rings. The van der Waals surface area contributed by atoms with Gasteiger partial charge in [0.1, 0.15) is 15.5 Å². The van der Waals surface area contributed by atoms with Crippen molar-refractivity contribution in [2.75, 3.05) is 6.61 Å². The van der Waals surface area contributed by atoms with Gasteiger partial charge in [-0.2, -0.15) is 0 Å². The predicted octanol–water partition coefficient (Wildman–Crippen LogP) is 4.16. The topological polar surface area (TPSA) is 61.2 Å². The van der Waals surface area contributed by atoms with Crippen LogP contribution in [0.4, 0.5) is 4.39 Å². The van der Waals surface area contributed by atoms with E-state index < -0.39 is 5.97 Å². The monoisotopic (exact) mass is 388 g/mol. The van der Waals surface area contributed by atoms with Crippen LogP contribution in [0.5, 0.6) is 0 Å². The third-order valence-corrected chi connectivity index (χ3v) is 5.78. The second-order valence-corrected chi connectivity index (χ2v) is 7.62. The summed E-state index contributed by atoms with van der Waals surface area (Å²) in [5.74, 6) is -0.531. The minimum atomic E-state index is -0.434. The molecule has 1 unspecified atom stereocenters. The van der Waals surface area contributed by atoms with E-state index in [1.54, 1.807) is 25.1 Å². The molecule has 3 rings (SSSR count). The molecule has 2 heterocycles. The number of nitrogens with zero attached hydrogens (tertiary/aromatic N) is 2. The maximum atomic E-state index is 13.9. The van der Waals surface area contributed by atoms with Crippen molar-refractivity contribution in [3.63, 3.8) is 0 Å². The number of carbonyl (C=O) groups is 1. The first-order chi connectivity index (χ1) is 12.9. The van der Waals surface area contributed by atoms with Crippen molar-refractivity contribution in [1.29, 1.82) is 0 Å². The second kappa shape index (κ2) is 8.00.